The molecule has 0 bridgehead atoms. The summed E-state index contributed by atoms with van der Waals surface area (Å²) < 4.78 is 61.0. The average Bonchev–Trinajstić information content (AvgIpc) is 2.03. The van der Waals surface area contributed by atoms with Crippen molar-refractivity contribution < 1.29 is 22.0 Å². The predicted molar refractivity (Wildman–Crippen MR) is 47.2 cm³/mol. The number of allylic oxidation sites excluding steroid dienone is 1. The van der Waals surface area contributed by atoms with E-state index >= 15 is 0 Å². The molecule has 0 aliphatic carbocycles. The van der Waals surface area contributed by atoms with Crippen LogP contribution in [0.3, 0.4) is 0 Å². The van der Waals surface area contributed by atoms with Gasteiger partial charge in [-0.1, -0.05) is 13.0 Å². The molecule has 0 aromatic heterocycles. The highest BCUT2D eigenvalue weighted by molar-refractivity contribution is 8.00. The fraction of sp³-hybridized carbons (Fsp3) is 0.625. The summed E-state index contributed by atoms with van der Waals surface area (Å²) in [4.78, 5) is 0. The van der Waals surface area contributed by atoms with E-state index in [1.54, 1.807) is 0 Å². The van der Waals surface area contributed by atoms with E-state index < -0.39 is 17.7 Å². The Hall–Kier alpha value is -0.260. The minimum absolute atomic E-state index is 0.0504. The van der Waals surface area contributed by atoms with E-state index in [-0.39, 0.29) is 12.2 Å². The van der Waals surface area contributed by atoms with Crippen molar-refractivity contribution in [2.24, 2.45) is 0 Å². The first-order valence-electron chi connectivity index (χ1n) is 3.78. The summed E-state index contributed by atoms with van der Waals surface area (Å²) in [5.74, 6) is -4.67. The highest BCUT2D eigenvalue weighted by Gasteiger charge is 2.59. The van der Waals surface area contributed by atoms with E-state index in [4.69, 9.17) is 0 Å². The van der Waals surface area contributed by atoms with Crippen LogP contribution in [0.2, 0.25) is 0 Å². The van der Waals surface area contributed by atoms with Gasteiger partial charge in [0.25, 0.3) is 0 Å². The van der Waals surface area contributed by atoms with Crippen LogP contribution in [0.5, 0.6) is 0 Å². The lowest BCUT2D eigenvalue weighted by molar-refractivity contribution is -0.265. The van der Waals surface area contributed by atoms with Crippen LogP contribution in [-0.4, -0.2) is 17.9 Å². The van der Waals surface area contributed by atoms with E-state index in [2.05, 4.69) is 6.26 Å². The first-order valence-corrected chi connectivity index (χ1v) is 4.93. The minimum Gasteiger partial charge on any atom is -0.191 e. The second-order valence-electron chi connectivity index (χ2n) is 2.53. The third-order valence-corrected chi connectivity index (χ3v) is 1.99. The number of alkyl halides is 5. The second-order valence-corrected chi connectivity index (χ2v) is 3.27. The van der Waals surface area contributed by atoms with Gasteiger partial charge in [0, 0.05) is 17.6 Å². The van der Waals surface area contributed by atoms with Gasteiger partial charge in [0.15, 0.2) is 0 Å². The summed E-state index contributed by atoms with van der Waals surface area (Å²) in [7, 11) is 0. The highest BCUT2D eigenvalue weighted by atomic mass is 32.2. The Morgan fingerprint density at radius 3 is 2.07 bits per heavy atom. The van der Waals surface area contributed by atoms with Crippen molar-refractivity contribution in [2.75, 3.05) is 5.75 Å². The van der Waals surface area contributed by atoms with E-state index in [0.29, 0.717) is 0 Å². The van der Waals surface area contributed by atoms with E-state index in [1.165, 1.54) is 6.92 Å². The maximum atomic E-state index is 12.7. The quantitative estimate of drug-likeness (QED) is 0.521. The molecule has 83 valence electrons. The average molecular weight is 233 g/mol. The number of hydrogen-bond donors (Lipinski definition) is 0. The number of halogens is 5. The Balaban J connectivity index is 4.84. The van der Waals surface area contributed by atoms with Crippen LogP contribution in [0, 0.1) is 6.26 Å². The van der Waals surface area contributed by atoms with E-state index in [1.807, 2.05) is 0 Å². The highest BCUT2D eigenvalue weighted by Crippen LogP contribution is 2.42. The molecule has 0 N–H and O–H groups in total. The monoisotopic (exact) mass is 233 g/mol. The summed E-state index contributed by atoms with van der Waals surface area (Å²) in [5.41, 5.74) is -0.902. The van der Waals surface area contributed by atoms with Crippen LogP contribution in [0.4, 0.5) is 22.0 Å². The lowest BCUT2D eigenvalue weighted by Crippen LogP contribution is -2.38. The molecule has 0 saturated carbocycles. The van der Waals surface area contributed by atoms with Gasteiger partial charge in [-0.3, -0.25) is 0 Å². The van der Waals surface area contributed by atoms with Crippen LogP contribution in [0.15, 0.2) is 11.6 Å². The van der Waals surface area contributed by atoms with Crippen molar-refractivity contribution in [3.63, 3.8) is 0 Å². The molecule has 0 rings (SSSR count). The van der Waals surface area contributed by atoms with Crippen LogP contribution in [0.25, 0.3) is 0 Å². The van der Waals surface area contributed by atoms with Crippen molar-refractivity contribution in [3.05, 3.63) is 17.9 Å². The molecular weight excluding hydrogens is 223 g/mol. The summed E-state index contributed by atoms with van der Waals surface area (Å²) in [6, 6.07) is 0. The van der Waals surface area contributed by atoms with E-state index in [0.717, 1.165) is 17.8 Å². The van der Waals surface area contributed by atoms with Gasteiger partial charge in [0.1, 0.15) is 0 Å². The van der Waals surface area contributed by atoms with Crippen LogP contribution < -0.4 is 0 Å². The summed E-state index contributed by atoms with van der Waals surface area (Å²) in [5, 5.41) is 0. The van der Waals surface area contributed by atoms with Gasteiger partial charge in [0.05, 0.1) is 0 Å². The van der Waals surface area contributed by atoms with Gasteiger partial charge in [-0.2, -0.15) is 33.7 Å². The maximum absolute atomic E-state index is 12.7. The molecule has 1 radical (unpaired) electrons. The third kappa shape index (κ3) is 3.15. The zero-order valence-corrected chi connectivity index (χ0v) is 8.31. The Labute approximate surface area is 83.6 Å². The van der Waals surface area contributed by atoms with Crippen molar-refractivity contribution in [1.29, 1.82) is 0 Å². The largest absolute Gasteiger partial charge is 0.457 e. The van der Waals surface area contributed by atoms with Gasteiger partial charge in [-0.15, -0.1) is 0 Å². The summed E-state index contributed by atoms with van der Waals surface area (Å²) in [6.45, 7) is 1.26. The topological polar surface area (TPSA) is 0 Å². The maximum Gasteiger partial charge on any atom is 0.457 e. The van der Waals surface area contributed by atoms with Crippen LogP contribution in [-0.2, 0) is 0 Å². The predicted octanol–water partition coefficient (Wildman–Crippen LogP) is 4.05. The third-order valence-electron chi connectivity index (χ3n) is 1.59. The Kier molecular flexibility index (Phi) is 4.91. The normalized spacial score (nSPS) is 14.6. The van der Waals surface area contributed by atoms with Crippen LogP contribution in [0.1, 0.15) is 13.3 Å². The molecule has 0 atom stereocenters. The molecule has 0 aliphatic heterocycles. The van der Waals surface area contributed by atoms with Crippen LogP contribution >= 0.6 is 11.8 Å². The fourth-order valence-electron chi connectivity index (χ4n) is 0.836. The first-order chi connectivity index (χ1) is 6.27. The number of thioether (sulfide) groups is 1. The molecule has 0 unspecified atom stereocenters. The zero-order chi connectivity index (χ0) is 11.4. The number of rotatable bonds is 4. The fourth-order valence-corrected chi connectivity index (χ4v) is 1.16. The summed E-state index contributed by atoms with van der Waals surface area (Å²) >= 11 is 0.945. The molecule has 0 fully saturated rings. The zero-order valence-electron chi connectivity index (χ0n) is 7.50. The minimum atomic E-state index is -5.51. The Morgan fingerprint density at radius 2 is 1.79 bits per heavy atom. The van der Waals surface area contributed by atoms with Crippen molar-refractivity contribution in [3.8, 4) is 0 Å². The second kappa shape index (κ2) is 5.00. The SMILES string of the molecule is [CH2]SCC=C(CC)C(F)(F)C(F)(F)F. The van der Waals surface area contributed by atoms with Crippen molar-refractivity contribution >= 4 is 11.8 Å². The van der Waals surface area contributed by atoms with Gasteiger partial charge in [-0.05, 0) is 6.42 Å². The van der Waals surface area contributed by atoms with Gasteiger partial charge in [-0.25, -0.2) is 0 Å². The van der Waals surface area contributed by atoms with Gasteiger partial charge >= 0.3 is 12.1 Å². The molecular formula is C8H10F5S. The summed E-state index contributed by atoms with van der Waals surface area (Å²) in [6.07, 6.45) is -1.68. The van der Waals surface area contributed by atoms with Crippen molar-refractivity contribution in [2.45, 2.75) is 25.4 Å². The molecule has 0 saturated heterocycles. The van der Waals surface area contributed by atoms with Gasteiger partial charge in [0.2, 0.25) is 0 Å². The number of hydrogen-bond acceptors (Lipinski definition) is 1. The Bertz CT molecular complexity index is 206. The van der Waals surface area contributed by atoms with E-state index in [9.17, 15) is 22.0 Å². The molecule has 0 aromatic carbocycles. The molecule has 0 nitrogen and oxygen atoms in total. The molecule has 0 heterocycles. The molecule has 0 aliphatic rings. The molecule has 0 aromatic rings. The first kappa shape index (κ1) is 13.7. The molecule has 0 amide bonds. The van der Waals surface area contributed by atoms with Crippen molar-refractivity contribution in [1.82, 2.24) is 0 Å². The molecule has 14 heavy (non-hydrogen) atoms. The lowest BCUT2D eigenvalue weighted by atomic mass is 10.1. The van der Waals surface area contributed by atoms with Gasteiger partial charge < -0.3 is 0 Å². The Morgan fingerprint density at radius 1 is 1.29 bits per heavy atom. The smallest absolute Gasteiger partial charge is 0.191 e. The molecule has 6 heteroatoms. The standard InChI is InChI=1S/C8H10F5S/c1-3-6(4-5-14-2)7(9,10)8(11,12)13/h4H,2-3,5H2,1H3. The molecule has 0 spiro atoms. The lowest BCUT2D eigenvalue weighted by Gasteiger charge is -2.21.